The Balaban J connectivity index is 2.27. The second kappa shape index (κ2) is 9.13. The van der Waals surface area contributed by atoms with Crippen LogP contribution in [0.1, 0.15) is 63.9 Å². The Labute approximate surface area is 158 Å². The third kappa shape index (κ3) is 5.64. The van der Waals surface area contributed by atoms with Gasteiger partial charge in [-0.25, -0.2) is 0 Å². The van der Waals surface area contributed by atoms with Crippen molar-refractivity contribution in [3.05, 3.63) is 29.3 Å². The first-order valence-electron chi connectivity index (χ1n) is 9.54. The van der Waals surface area contributed by atoms with Crippen LogP contribution in [0.15, 0.2) is 18.2 Å². The zero-order valence-corrected chi connectivity index (χ0v) is 17.8. The monoisotopic (exact) mass is 380 g/mol. The number of carbonyl (C=O) groups is 1. The van der Waals surface area contributed by atoms with Crippen LogP contribution in [0.3, 0.4) is 0 Å². The average Bonchev–Trinajstić information content (AvgIpc) is 2.51. The standard InChI is InChI=1S/C20H32O5Si/c1-14(2)23-26(24-15(3)4,25-16(5)6)13-11-17-8-7-9-19-20(17)18(21)10-12-22-19/h7-9,14-16H,10-13H2,1-6H3. The van der Waals surface area contributed by atoms with Crippen molar-refractivity contribution in [1.82, 2.24) is 0 Å². The Kier molecular flexibility index (Phi) is 7.40. The average molecular weight is 381 g/mol. The summed E-state index contributed by atoms with van der Waals surface area (Å²) in [7, 11) is -2.89. The normalized spacial score (nSPS) is 14.9. The van der Waals surface area contributed by atoms with Crippen LogP contribution in [0.4, 0.5) is 0 Å². The fourth-order valence-electron chi connectivity index (χ4n) is 3.23. The van der Waals surface area contributed by atoms with E-state index in [1.165, 1.54) is 0 Å². The molecule has 0 spiro atoms. The fourth-order valence-corrected chi connectivity index (χ4v) is 6.48. The maximum atomic E-state index is 12.4. The first-order valence-corrected chi connectivity index (χ1v) is 11.5. The van der Waals surface area contributed by atoms with Crippen LogP contribution in [0.25, 0.3) is 0 Å². The molecule has 146 valence electrons. The van der Waals surface area contributed by atoms with Crippen LogP contribution in [0, 0.1) is 0 Å². The lowest BCUT2D eigenvalue weighted by Crippen LogP contribution is -2.51. The van der Waals surface area contributed by atoms with E-state index in [2.05, 4.69) is 0 Å². The van der Waals surface area contributed by atoms with Crippen molar-refractivity contribution >= 4 is 14.6 Å². The van der Waals surface area contributed by atoms with E-state index in [1.54, 1.807) is 0 Å². The van der Waals surface area contributed by atoms with Crippen LogP contribution in [0.5, 0.6) is 5.75 Å². The smallest absolute Gasteiger partial charge is 0.492 e. The Morgan fingerprint density at radius 2 is 1.58 bits per heavy atom. The van der Waals surface area contributed by atoms with Gasteiger partial charge < -0.3 is 18.0 Å². The molecule has 5 nitrogen and oxygen atoms in total. The molecular weight excluding hydrogens is 348 g/mol. The number of hydrogen-bond acceptors (Lipinski definition) is 5. The summed E-state index contributed by atoms with van der Waals surface area (Å²) in [5.74, 6) is 0.832. The molecule has 6 heteroatoms. The number of fused-ring (bicyclic) bond motifs is 1. The Morgan fingerprint density at radius 1 is 1.00 bits per heavy atom. The highest BCUT2D eigenvalue weighted by molar-refractivity contribution is 6.60. The number of carbonyl (C=O) groups excluding carboxylic acids is 1. The first-order chi connectivity index (χ1) is 12.2. The molecule has 1 aliphatic rings. The molecule has 0 saturated heterocycles. The zero-order chi connectivity index (χ0) is 19.3. The van der Waals surface area contributed by atoms with E-state index in [0.29, 0.717) is 36.8 Å². The number of Topliss-reactive ketones (excluding diaryl/α,β-unsaturated/α-hetero) is 1. The Bertz CT molecular complexity index is 586. The molecule has 2 rings (SSSR count). The van der Waals surface area contributed by atoms with Crippen molar-refractivity contribution < 1.29 is 22.8 Å². The molecular formula is C20H32O5Si. The quantitative estimate of drug-likeness (QED) is 0.594. The summed E-state index contributed by atoms with van der Waals surface area (Å²) in [5.41, 5.74) is 1.69. The topological polar surface area (TPSA) is 54.0 Å². The summed E-state index contributed by atoms with van der Waals surface area (Å²) < 4.78 is 24.3. The van der Waals surface area contributed by atoms with Crippen LogP contribution in [0.2, 0.25) is 6.04 Å². The Morgan fingerprint density at radius 3 is 2.12 bits per heavy atom. The summed E-state index contributed by atoms with van der Waals surface area (Å²) in [6.45, 7) is 12.4. The highest BCUT2D eigenvalue weighted by atomic mass is 28.4. The second-order valence-electron chi connectivity index (χ2n) is 7.49. The van der Waals surface area contributed by atoms with E-state index < -0.39 is 8.80 Å². The molecule has 1 aliphatic heterocycles. The van der Waals surface area contributed by atoms with Gasteiger partial charge in [0, 0.05) is 30.8 Å². The maximum Gasteiger partial charge on any atom is 0.501 e. The predicted octanol–water partition coefficient (Wildman–Crippen LogP) is 4.41. The lowest BCUT2D eigenvalue weighted by molar-refractivity contribution is 0.00326. The lowest BCUT2D eigenvalue weighted by atomic mass is 9.97. The van der Waals surface area contributed by atoms with E-state index in [9.17, 15) is 4.79 Å². The molecule has 1 aromatic carbocycles. The summed E-state index contributed by atoms with van der Waals surface area (Å²) in [6, 6.07) is 6.42. The van der Waals surface area contributed by atoms with Crippen molar-refractivity contribution in [3.8, 4) is 5.75 Å². The van der Waals surface area contributed by atoms with Crippen LogP contribution in [-0.4, -0.2) is 39.5 Å². The number of aryl methyl sites for hydroxylation is 1. The van der Waals surface area contributed by atoms with Crippen molar-refractivity contribution in [2.75, 3.05) is 6.61 Å². The van der Waals surface area contributed by atoms with Gasteiger partial charge in [-0.05, 0) is 59.6 Å². The molecule has 0 radical (unpaired) electrons. The molecule has 26 heavy (non-hydrogen) atoms. The summed E-state index contributed by atoms with van der Waals surface area (Å²) >= 11 is 0. The van der Waals surface area contributed by atoms with Gasteiger partial charge in [-0.3, -0.25) is 4.79 Å². The third-order valence-electron chi connectivity index (χ3n) is 3.92. The molecule has 0 fully saturated rings. The lowest BCUT2D eigenvalue weighted by Gasteiger charge is -2.34. The molecule has 0 atom stereocenters. The number of rotatable bonds is 9. The predicted molar refractivity (Wildman–Crippen MR) is 104 cm³/mol. The van der Waals surface area contributed by atoms with Crippen molar-refractivity contribution in [1.29, 1.82) is 0 Å². The number of hydrogen-bond donors (Lipinski definition) is 0. The molecule has 0 bridgehead atoms. The highest BCUT2D eigenvalue weighted by Crippen LogP contribution is 2.31. The van der Waals surface area contributed by atoms with E-state index in [4.69, 9.17) is 18.0 Å². The van der Waals surface area contributed by atoms with Crippen molar-refractivity contribution in [2.24, 2.45) is 0 Å². The number of ether oxygens (including phenoxy) is 1. The fraction of sp³-hybridized carbons (Fsp3) is 0.650. The number of benzene rings is 1. The zero-order valence-electron chi connectivity index (χ0n) is 16.8. The number of ketones is 1. The molecule has 0 aliphatic carbocycles. The molecule has 0 amide bonds. The molecule has 0 aromatic heterocycles. The van der Waals surface area contributed by atoms with Crippen molar-refractivity contribution in [3.63, 3.8) is 0 Å². The van der Waals surface area contributed by atoms with Gasteiger partial charge in [0.1, 0.15) is 5.75 Å². The van der Waals surface area contributed by atoms with Gasteiger partial charge >= 0.3 is 8.80 Å². The highest BCUT2D eigenvalue weighted by Gasteiger charge is 2.44. The summed E-state index contributed by atoms with van der Waals surface area (Å²) in [6.07, 6.45) is 1.12. The van der Waals surface area contributed by atoms with E-state index in [-0.39, 0.29) is 24.1 Å². The van der Waals surface area contributed by atoms with Gasteiger partial charge in [0.05, 0.1) is 12.2 Å². The van der Waals surface area contributed by atoms with Gasteiger partial charge in [-0.1, -0.05) is 12.1 Å². The third-order valence-corrected chi connectivity index (χ3v) is 7.28. The minimum absolute atomic E-state index is 0.00817. The van der Waals surface area contributed by atoms with Crippen LogP contribution in [-0.2, 0) is 19.7 Å². The van der Waals surface area contributed by atoms with E-state index in [1.807, 2.05) is 59.7 Å². The maximum absolute atomic E-state index is 12.4. The van der Waals surface area contributed by atoms with E-state index in [0.717, 1.165) is 5.56 Å². The Hall–Kier alpha value is -1.21. The summed E-state index contributed by atoms with van der Waals surface area (Å²) in [5, 5.41) is 0. The minimum Gasteiger partial charge on any atom is -0.492 e. The largest absolute Gasteiger partial charge is 0.501 e. The van der Waals surface area contributed by atoms with Gasteiger partial charge in [0.25, 0.3) is 0 Å². The van der Waals surface area contributed by atoms with E-state index >= 15 is 0 Å². The minimum atomic E-state index is -2.89. The molecule has 0 saturated carbocycles. The van der Waals surface area contributed by atoms with Crippen LogP contribution >= 0.6 is 0 Å². The van der Waals surface area contributed by atoms with Gasteiger partial charge in [0.2, 0.25) is 0 Å². The SMILES string of the molecule is CC(C)O[Si](CCc1cccc2c1C(=O)CCO2)(OC(C)C)OC(C)C. The molecule has 1 aromatic rings. The van der Waals surface area contributed by atoms with Gasteiger partial charge in [-0.15, -0.1) is 0 Å². The summed E-state index contributed by atoms with van der Waals surface area (Å²) in [4.78, 5) is 12.4. The molecule has 1 heterocycles. The first kappa shape index (κ1) is 21.1. The van der Waals surface area contributed by atoms with Gasteiger partial charge in [-0.2, -0.15) is 0 Å². The molecule has 0 unspecified atom stereocenters. The van der Waals surface area contributed by atoms with Crippen LogP contribution < -0.4 is 4.74 Å². The van der Waals surface area contributed by atoms with Crippen molar-refractivity contribution in [2.45, 2.75) is 78.7 Å². The van der Waals surface area contributed by atoms with Gasteiger partial charge in [0.15, 0.2) is 5.78 Å². The second-order valence-corrected chi connectivity index (χ2v) is 10.1. The molecule has 0 N–H and O–H groups in total.